The van der Waals surface area contributed by atoms with Crippen LogP contribution in [0.5, 0.6) is 0 Å². The largest absolute Gasteiger partial charge is 0.274 e. The van der Waals surface area contributed by atoms with Crippen LogP contribution in [0, 0.1) is 5.92 Å². The molecule has 0 N–H and O–H groups in total. The Kier molecular flexibility index (Phi) is 3.75. The predicted octanol–water partition coefficient (Wildman–Crippen LogP) is 1.06. The van der Waals surface area contributed by atoms with Gasteiger partial charge in [-0.25, -0.2) is 8.42 Å². The molecule has 17 heavy (non-hydrogen) atoms. The first kappa shape index (κ1) is 12.9. The third-order valence-electron chi connectivity index (χ3n) is 3.02. The molecule has 0 amide bonds. The van der Waals surface area contributed by atoms with Gasteiger partial charge < -0.3 is 0 Å². The van der Waals surface area contributed by atoms with Crippen LogP contribution < -0.4 is 0 Å². The smallest absolute Gasteiger partial charge is 0.246 e. The number of hydrogen-bond donors (Lipinski definition) is 0. The van der Waals surface area contributed by atoms with Gasteiger partial charge in [0, 0.05) is 32.2 Å². The van der Waals surface area contributed by atoms with Gasteiger partial charge in [0.05, 0.1) is 6.20 Å². The van der Waals surface area contributed by atoms with Crippen LogP contribution in [0.15, 0.2) is 17.3 Å². The van der Waals surface area contributed by atoms with E-state index < -0.39 is 10.0 Å². The molecule has 0 aromatic carbocycles. The van der Waals surface area contributed by atoms with E-state index in [1.165, 1.54) is 21.4 Å². The van der Waals surface area contributed by atoms with E-state index in [1.807, 2.05) is 0 Å². The molecule has 7 heteroatoms. The summed E-state index contributed by atoms with van der Waals surface area (Å²) in [6.45, 7) is 1.09. The van der Waals surface area contributed by atoms with Crippen molar-refractivity contribution >= 4 is 21.6 Å². The number of nitrogens with zero attached hydrogens (tertiary/aromatic N) is 3. The summed E-state index contributed by atoms with van der Waals surface area (Å²) in [5.41, 5.74) is 0. The second-order valence-electron chi connectivity index (χ2n) is 4.38. The minimum absolute atomic E-state index is 0.259. The molecular weight excluding hydrogens is 262 g/mol. The minimum atomic E-state index is -3.39. The zero-order valence-corrected chi connectivity index (χ0v) is 11.3. The fourth-order valence-electron chi connectivity index (χ4n) is 2.05. The lowest BCUT2D eigenvalue weighted by Gasteiger charge is -2.30. The quantitative estimate of drug-likeness (QED) is 0.777. The second-order valence-corrected chi connectivity index (χ2v) is 6.62. The van der Waals surface area contributed by atoms with Crippen LogP contribution in [0.4, 0.5) is 0 Å². The van der Waals surface area contributed by atoms with E-state index in [-0.39, 0.29) is 10.8 Å². The molecule has 0 saturated carbocycles. The van der Waals surface area contributed by atoms with Crippen molar-refractivity contribution in [1.29, 1.82) is 0 Å². The molecule has 5 nitrogen and oxygen atoms in total. The summed E-state index contributed by atoms with van der Waals surface area (Å²) < 4.78 is 27.6. The van der Waals surface area contributed by atoms with Gasteiger partial charge in [0.25, 0.3) is 0 Å². The van der Waals surface area contributed by atoms with E-state index in [0.717, 1.165) is 12.8 Å². The highest BCUT2D eigenvalue weighted by atomic mass is 35.5. The number of piperidine rings is 1. The fourth-order valence-corrected chi connectivity index (χ4v) is 3.84. The average Bonchev–Trinajstić information content (AvgIpc) is 2.76. The Hall–Kier alpha value is -0.590. The first-order valence-electron chi connectivity index (χ1n) is 5.59. The molecule has 0 bridgehead atoms. The van der Waals surface area contributed by atoms with Crippen LogP contribution in [0.1, 0.15) is 12.8 Å². The van der Waals surface area contributed by atoms with E-state index >= 15 is 0 Å². The van der Waals surface area contributed by atoms with E-state index in [2.05, 4.69) is 5.10 Å². The lowest BCUT2D eigenvalue weighted by atomic mass is 10.0. The number of halogens is 1. The topological polar surface area (TPSA) is 55.2 Å². The summed E-state index contributed by atoms with van der Waals surface area (Å²) in [6, 6.07) is 0. The van der Waals surface area contributed by atoms with Crippen LogP contribution >= 0.6 is 11.6 Å². The number of aryl methyl sites for hydroxylation is 1. The van der Waals surface area contributed by atoms with Gasteiger partial charge in [-0.15, -0.1) is 11.6 Å². The van der Waals surface area contributed by atoms with Crippen molar-refractivity contribution in [3.05, 3.63) is 12.4 Å². The molecule has 1 aromatic rings. The van der Waals surface area contributed by atoms with E-state index in [0.29, 0.717) is 19.0 Å². The summed E-state index contributed by atoms with van der Waals surface area (Å²) in [7, 11) is -1.69. The minimum Gasteiger partial charge on any atom is -0.274 e. The van der Waals surface area contributed by atoms with Crippen LogP contribution in [0.3, 0.4) is 0 Å². The molecule has 0 aliphatic carbocycles. The molecular formula is C10H16ClN3O2S. The van der Waals surface area contributed by atoms with Crippen molar-refractivity contribution in [3.8, 4) is 0 Å². The molecule has 1 atom stereocenters. The Morgan fingerprint density at radius 1 is 1.59 bits per heavy atom. The highest BCUT2D eigenvalue weighted by Gasteiger charge is 2.30. The summed E-state index contributed by atoms with van der Waals surface area (Å²) in [6.07, 6.45) is 4.79. The van der Waals surface area contributed by atoms with Crippen molar-refractivity contribution in [2.24, 2.45) is 13.0 Å². The van der Waals surface area contributed by atoms with Crippen molar-refractivity contribution < 1.29 is 8.42 Å². The van der Waals surface area contributed by atoms with Gasteiger partial charge in [-0.05, 0) is 18.8 Å². The number of alkyl halides is 1. The first-order valence-corrected chi connectivity index (χ1v) is 7.56. The number of aromatic nitrogens is 2. The van der Waals surface area contributed by atoms with Gasteiger partial charge in [0.2, 0.25) is 10.0 Å². The van der Waals surface area contributed by atoms with Gasteiger partial charge in [-0.2, -0.15) is 9.40 Å². The lowest BCUT2D eigenvalue weighted by Crippen LogP contribution is -2.40. The average molecular weight is 278 g/mol. The summed E-state index contributed by atoms with van der Waals surface area (Å²) >= 11 is 5.81. The standard InChI is InChI=1S/C10H16ClN3O2S/c1-13-8-10(6-12-13)17(15,16)14-4-2-3-9(5-11)7-14/h6,8-9H,2-5,7H2,1H3. The van der Waals surface area contributed by atoms with Crippen molar-refractivity contribution in [3.63, 3.8) is 0 Å². The predicted molar refractivity (Wildman–Crippen MR) is 65.4 cm³/mol. The first-order chi connectivity index (χ1) is 8.04. The highest BCUT2D eigenvalue weighted by Crippen LogP contribution is 2.23. The van der Waals surface area contributed by atoms with Gasteiger partial charge in [-0.1, -0.05) is 0 Å². The molecule has 0 spiro atoms. The van der Waals surface area contributed by atoms with E-state index in [9.17, 15) is 8.42 Å². The lowest BCUT2D eigenvalue weighted by molar-refractivity contribution is 0.283. The Balaban J connectivity index is 2.21. The summed E-state index contributed by atoms with van der Waals surface area (Å²) in [5, 5.41) is 3.90. The fraction of sp³-hybridized carbons (Fsp3) is 0.700. The number of sulfonamides is 1. The normalized spacial score (nSPS) is 22.8. The molecule has 2 heterocycles. The monoisotopic (exact) mass is 277 g/mol. The summed E-state index contributed by atoms with van der Waals surface area (Å²) in [4.78, 5) is 0.259. The zero-order valence-electron chi connectivity index (χ0n) is 9.71. The SMILES string of the molecule is Cn1cc(S(=O)(=O)N2CCCC(CCl)C2)cn1. The van der Waals surface area contributed by atoms with E-state index in [4.69, 9.17) is 11.6 Å². The van der Waals surface area contributed by atoms with Crippen molar-refractivity contribution in [1.82, 2.24) is 14.1 Å². The van der Waals surface area contributed by atoms with Gasteiger partial charge in [-0.3, -0.25) is 4.68 Å². The Morgan fingerprint density at radius 2 is 2.35 bits per heavy atom. The maximum atomic E-state index is 12.3. The maximum absolute atomic E-state index is 12.3. The Morgan fingerprint density at radius 3 is 2.94 bits per heavy atom. The molecule has 1 aliphatic heterocycles. The number of rotatable bonds is 3. The van der Waals surface area contributed by atoms with Gasteiger partial charge >= 0.3 is 0 Å². The van der Waals surface area contributed by atoms with Crippen molar-refractivity contribution in [2.75, 3.05) is 19.0 Å². The van der Waals surface area contributed by atoms with Gasteiger partial charge in [0.15, 0.2) is 0 Å². The Labute approximate surface area is 106 Å². The molecule has 1 aromatic heterocycles. The van der Waals surface area contributed by atoms with Crippen LogP contribution in [-0.4, -0.2) is 41.5 Å². The highest BCUT2D eigenvalue weighted by molar-refractivity contribution is 7.89. The van der Waals surface area contributed by atoms with Crippen molar-refractivity contribution in [2.45, 2.75) is 17.7 Å². The Bertz CT molecular complexity index is 485. The maximum Gasteiger partial charge on any atom is 0.246 e. The molecule has 96 valence electrons. The van der Waals surface area contributed by atoms with E-state index in [1.54, 1.807) is 7.05 Å². The number of hydrogen-bond acceptors (Lipinski definition) is 3. The summed E-state index contributed by atoms with van der Waals surface area (Å²) in [5.74, 6) is 0.774. The zero-order chi connectivity index (χ0) is 12.5. The molecule has 2 rings (SSSR count). The third kappa shape index (κ3) is 2.64. The molecule has 0 radical (unpaired) electrons. The van der Waals surface area contributed by atoms with Crippen LogP contribution in [0.2, 0.25) is 0 Å². The van der Waals surface area contributed by atoms with Crippen LogP contribution in [0.25, 0.3) is 0 Å². The van der Waals surface area contributed by atoms with Crippen LogP contribution in [-0.2, 0) is 17.1 Å². The molecule has 1 saturated heterocycles. The molecule has 1 unspecified atom stereocenters. The second kappa shape index (κ2) is 4.96. The molecule has 1 aliphatic rings. The van der Waals surface area contributed by atoms with Gasteiger partial charge in [0.1, 0.15) is 4.90 Å². The third-order valence-corrected chi connectivity index (χ3v) is 5.27. The molecule has 1 fully saturated rings.